The van der Waals surface area contributed by atoms with E-state index in [4.69, 9.17) is 4.74 Å². The van der Waals surface area contributed by atoms with E-state index in [-0.39, 0.29) is 6.10 Å². The molecule has 20 heavy (non-hydrogen) atoms. The summed E-state index contributed by atoms with van der Waals surface area (Å²) in [5.41, 5.74) is 2.32. The standard InChI is InChI=1S/C16H25N3O/c1-5-17-13(11-20-12(2)3)10-15-14-8-6-7-9-16(14)19(4)18-15/h6-9,12-13,17H,5,10-11H2,1-4H3. The van der Waals surface area contributed by atoms with Crippen molar-refractivity contribution in [3.05, 3.63) is 30.0 Å². The number of benzene rings is 1. The van der Waals surface area contributed by atoms with E-state index < -0.39 is 0 Å². The van der Waals surface area contributed by atoms with E-state index >= 15 is 0 Å². The molecule has 1 atom stereocenters. The Bertz CT molecular complexity index is 548. The van der Waals surface area contributed by atoms with Gasteiger partial charge in [-0.1, -0.05) is 25.1 Å². The van der Waals surface area contributed by atoms with Crippen LogP contribution in [0.15, 0.2) is 24.3 Å². The Labute approximate surface area is 121 Å². The Morgan fingerprint density at radius 1 is 1.30 bits per heavy atom. The van der Waals surface area contributed by atoms with Crippen LogP contribution in [0.2, 0.25) is 0 Å². The first-order valence-corrected chi connectivity index (χ1v) is 7.37. The fourth-order valence-corrected chi connectivity index (χ4v) is 2.46. The molecule has 1 heterocycles. The molecule has 0 saturated carbocycles. The van der Waals surface area contributed by atoms with Crippen LogP contribution >= 0.6 is 0 Å². The van der Waals surface area contributed by atoms with Crippen LogP contribution in [0.1, 0.15) is 26.5 Å². The van der Waals surface area contributed by atoms with Gasteiger partial charge in [-0.15, -0.1) is 0 Å². The fourth-order valence-electron chi connectivity index (χ4n) is 2.46. The SMILES string of the molecule is CCNC(COC(C)C)Cc1nn(C)c2ccccc12. The second kappa shape index (κ2) is 6.86. The highest BCUT2D eigenvalue weighted by atomic mass is 16.5. The summed E-state index contributed by atoms with van der Waals surface area (Å²) in [5.74, 6) is 0. The highest BCUT2D eigenvalue weighted by Gasteiger charge is 2.15. The fraction of sp³-hybridized carbons (Fsp3) is 0.562. The average molecular weight is 275 g/mol. The van der Waals surface area contributed by atoms with Crippen molar-refractivity contribution in [1.29, 1.82) is 0 Å². The van der Waals surface area contributed by atoms with Gasteiger partial charge in [0.15, 0.2) is 0 Å². The van der Waals surface area contributed by atoms with Gasteiger partial charge < -0.3 is 10.1 Å². The average Bonchev–Trinajstić information content (AvgIpc) is 2.74. The third kappa shape index (κ3) is 3.58. The molecule has 0 bridgehead atoms. The molecule has 2 aromatic rings. The molecule has 0 radical (unpaired) electrons. The van der Waals surface area contributed by atoms with Gasteiger partial charge in [-0.25, -0.2) is 0 Å². The summed E-state index contributed by atoms with van der Waals surface area (Å²) in [7, 11) is 2.00. The number of fused-ring (bicyclic) bond motifs is 1. The number of aromatic nitrogens is 2. The van der Waals surface area contributed by atoms with Crippen molar-refractivity contribution in [2.45, 2.75) is 39.3 Å². The number of hydrogen-bond donors (Lipinski definition) is 1. The van der Waals surface area contributed by atoms with Crippen molar-refractivity contribution in [2.24, 2.45) is 7.05 Å². The Kier molecular flexibility index (Phi) is 5.15. The van der Waals surface area contributed by atoms with Crippen LogP contribution in [0, 0.1) is 0 Å². The third-order valence-corrected chi connectivity index (χ3v) is 3.40. The van der Waals surface area contributed by atoms with Gasteiger partial charge in [0.2, 0.25) is 0 Å². The summed E-state index contributed by atoms with van der Waals surface area (Å²) in [6.45, 7) is 7.92. The van der Waals surface area contributed by atoms with E-state index in [9.17, 15) is 0 Å². The quantitative estimate of drug-likeness (QED) is 0.844. The van der Waals surface area contributed by atoms with Crippen molar-refractivity contribution in [1.82, 2.24) is 15.1 Å². The number of rotatable bonds is 7. The van der Waals surface area contributed by atoms with Gasteiger partial charge in [0.25, 0.3) is 0 Å². The van der Waals surface area contributed by atoms with E-state index in [0.717, 1.165) is 25.3 Å². The minimum absolute atomic E-state index is 0.261. The molecule has 0 amide bonds. The summed E-state index contributed by atoms with van der Waals surface area (Å²) in [6, 6.07) is 8.68. The zero-order valence-corrected chi connectivity index (χ0v) is 12.9. The highest BCUT2D eigenvalue weighted by molar-refractivity contribution is 5.81. The summed E-state index contributed by atoms with van der Waals surface area (Å²) >= 11 is 0. The zero-order chi connectivity index (χ0) is 14.5. The van der Waals surface area contributed by atoms with Crippen LogP contribution in [0.25, 0.3) is 10.9 Å². The predicted molar refractivity (Wildman–Crippen MR) is 83.0 cm³/mol. The number of likely N-dealkylation sites (N-methyl/N-ethyl adjacent to an activating group) is 1. The molecule has 1 aromatic carbocycles. The van der Waals surface area contributed by atoms with Crippen molar-refractivity contribution >= 4 is 10.9 Å². The first-order chi connectivity index (χ1) is 9.61. The normalized spacial score (nSPS) is 13.2. The van der Waals surface area contributed by atoms with E-state index in [0.29, 0.717) is 6.04 Å². The van der Waals surface area contributed by atoms with Crippen molar-refractivity contribution in [3.8, 4) is 0 Å². The van der Waals surface area contributed by atoms with Crippen LogP contribution in [-0.4, -0.2) is 35.1 Å². The highest BCUT2D eigenvalue weighted by Crippen LogP contribution is 2.18. The Hall–Kier alpha value is -1.39. The van der Waals surface area contributed by atoms with Crippen LogP contribution in [0.4, 0.5) is 0 Å². The second-order valence-electron chi connectivity index (χ2n) is 5.43. The lowest BCUT2D eigenvalue weighted by Crippen LogP contribution is -2.36. The van der Waals surface area contributed by atoms with Crippen LogP contribution in [-0.2, 0) is 18.2 Å². The first kappa shape index (κ1) is 15.0. The second-order valence-corrected chi connectivity index (χ2v) is 5.43. The number of ether oxygens (including phenoxy) is 1. The molecular formula is C16H25N3O. The lowest BCUT2D eigenvalue weighted by Gasteiger charge is -2.18. The maximum Gasteiger partial charge on any atom is 0.0719 e. The molecule has 0 spiro atoms. The number of para-hydroxylation sites is 1. The third-order valence-electron chi connectivity index (χ3n) is 3.40. The molecule has 0 aliphatic carbocycles. The van der Waals surface area contributed by atoms with Gasteiger partial charge in [-0.2, -0.15) is 5.10 Å². The van der Waals surface area contributed by atoms with Gasteiger partial charge in [-0.3, -0.25) is 4.68 Å². The molecule has 0 saturated heterocycles. The molecule has 0 aliphatic rings. The molecule has 1 N–H and O–H groups in total. The van der Waals surface area contributed by atoms with Crippen LogP contribution in [0.5, 0.6) is 0 Å². The zero-order valence-electron chi connectivity index (χ0n) is 12.9. The predicted octanol–water partition coefficient (Wildman–Crippen LogP) is 2.52. The summed E-state index contributed by atoms with van der Waals surface area (Å²) < 4.78 is 7.71. The molecule has 4 nitrogen and oxygen atoms in total. The van der Waals surface area contributed by atoms with E-state index in [1.165, 1.54) is 10.9 Å². The lowest BCUT2D eigenvalue weighted by atomic mass is 10.1. The maximum absolute atomic E-state index is 5.75. The minimum atomic E-state index is 0.261. The number of nitrogens with zero attached hydrogens (tertiary/aromatic N) is 2. The maximum atomic E-state index is 5.75. The molecule has 1 aromatic heterocycles. The Morgan fingerprint density at radius 2 is 2.05 bits per heavy atom. The van der Waals surface area contributed by atoms with Crippen molar-refractivity contribution < 1.29 is 4.74 Å². The molecular weight excluding hydrogens is 250 g/mol. The molecule has 0 aliphatic heterocycles. The number of nitrogens with one attached hydrogen (secondary N) is 1. The molecule has 110 valence electrons. The monoisotopic (exact) mass is 275 g/mol. The van der Waals surface area contributed by atoms with Gasteiger partial charge >= 0.3 is 0 Å². The van der Waals surface area contributed by atoms with Crippen LogP contribution in [0.3, 0.4) is 0 Å². The molecule has 0 fully saturated rings. The first-order valence-electron chi connectivity index (χ1n) is 7.37. The summed E-state index contributed by atoms with van der Waals surface area (Å²) in [4.78, 5) is 0. The number of hydrogen-bond acceptors (Lipinski definition) is 3. The largest absolute Gasteiger partial charge is 0.377 e. The summed E-state index contributed by atoms with van der Waals surface area (Å²) in [5, 5.41) is 9.38. The van der Waals surface area contributed by atoms with E-state index in [2.05, 4.69) is 55.5 Å². The van der Waals surface area contributed by atoms with Crippen molar-refractivity contribution in [2.75, 3.05) is 13.2 Å². The van der Waals surface area contributed by atoms with E-state index in [1.807, 2.05) is 11.7 Å². The molecule has 2 rings (SSSR count). The van der Waals surface area contributed by atoms with E-state index in [1.54, 1.807) is 0 Å². The lowest BCUT2D eigenvalue weighted by molar-refractivity contribution is 0.0614. The molecule has 4 heteroatoms. The topological polar surface area (TPSA) is 39.1 Å². The van der Waals surface area contributed by atoms with Gasteiger partial charge in [0.05, 0.1) is 23.9 Å². The Morgan fingerprint density at radius 3 is 2.75 bits per heavy atom. The smallest absolute Gasteiger partial charge is 0.0719 e. The Balaban J connectivity index is 2.15. The minimum Gasteiger partial charge on any atom is -0.377 e. The van der Waals surface area contributed by atoms with Crippen LogP contribution < -0.4 is 5.32 Å². The van der Waals surface area contributed by atoms with Gasteiger partial charge in [0.1, 0.15) is 0 Å². The summed E-state index contributed by atoms with van der Waals surface area (Å²) in [6.07, 6.45) is 1.15. The van der Waals surface area contributed by atoms with Crippen molar-refractivity contribution in [3.63, 3.8) is 0 Å². The van der Waals surface area contributed by atoms with Gasteiger partial charge in [-0.05, 0) is 26.5 Å². The molecule has 1 unspecified atom stereocenters. The van der Waals surface area contributed by atoms with Gasteiger partial charge in [0, 0.05) is 24.9 Å². The number of aryl methyl sites for hydroxylation is 1.